The Hall–Kier alpha value is -1.68. The lowest BCUT2D eigenvalue weighted by atomic mass is 10.1. The zero-order valence-electron chi connectivity index (χ0n) is 9.31. The van der Waals surface area contributed by atoms with Crippen molar-refractivity contribution in [3.8, 4) is 11.3 Å². The van der Waals surface area contributed by atoms with Crippen molar-refractivity contribution in [2.45, 2.75) is 13.0 Å². The summed E-state index contributed by atoms with van der Waals surface area (Å²) < 4.78 is 14.8. The van der Waals surface area contributed by atoms with Gasteiger partial charge in [0.15, 0.2) is 0 Å². The van der Waals surface area contributed by atoms with Gasteiger partial charge in [-0.05, 0) is 25.1 Å². The van der Waals surface area contributed by atoms with Crippen LogP contribution in [0.1, 0.15) is 18.7 Å². The topological polar surface area (TPSA) is 43.8 Å². The SMILES string of the molecule is CC(N)c1cc(-c2cccc(F)c2)n(C)n1. The van der Waals surface area contributed by atoms with Gasteiger partial charge in [-0.25, -0.2) is 4.39 Å². The normalized spacial score (nSPS) is 12.8. The lowest BCUT2D eigenvalue weighted by Crippen LogP contribution is -2.06. The quantitative estimate of drug-likeness (QED) is 0.841. The predicted octanol–water partition coefficient (Wildman–Crippen LogP) is 2.25. The molecule has 1 atom stereocenters. The van der Waals surface area contributed by atoms with Crippen LogP contribution in [-0.4, -0.2) is 9.78 Å². The summed E-state index contributed by atoms with van der Waals surface area (Å²) >= 11 is 0. The van der Waals surface area contributed by atoms with Crippen molar-refractivity contribution in [3.05, 3.63) is 41.8 Å². The number of aryl methyl sites for hydroxylation is 1. The second-order valence-electron chi connectivity index (χ2n) is 3.88. The minimum absolute atomic E-state index is 0.117. The molecule has 0 fully saturated rings. The fourth-order valence-corrected chi connectivity index (χ4v) is 1.63. The zero-order chi connectivity index (χ0) is 11.7. The lowest BCUT2D eigenvalue weighted by Gasteiger charge is -2.00. The molecule has 0 saturated heterocycles. The van der Waals surface area contributed by atoms with Gasteiger partial charge in [0.05, 0.1) is 11.4 Å². The van der Waals surface area contributed by atoms with Crippen LogP contribution in [-0.2, 0) is 7.05 Å². The lowest BCUT2D eigenvalue weighted by molar-refractivity contribution is 0.628. The molecule has 0 spiro atoms. The van der Waals surface area contributed by atoms with Crippen molar-refractivity contribution in [2.75, 3.05) is 0 Å². The molecule has 2 N–H and O–H groups in total. The summed E-state index contributed by atoms with van der Waals surface area (Å²) in [6, 6.07) is 8.22. The third-order valence-corrected chi connectivity index (χ3v) is 2.49. The fraction of sp³-hybridized carbons (Fsp3) is 0.250. The first-order chi connectivity index (χ1) is 7.58. The molecule has 0 bridgehead atoms. The van der Waals surface area contributed by atoms with E-state index >= 15 is 0 Å². The first kappa shape index (κ1) is 10.8. The Labute approximate surface area is 93.7 Å². The third-order valence-electron chi connectivity index (χ3n) is 2.49. The van der Waals surface area contributed by atoms with Crippen molar-refractivity contribution < 1.29 is 4.39 Å². The van der Waals surface area contributed by atoms with Gasteiger partial charge < -0.3 is 5.73 Å². The maximum atomic E-state index is 13.1. The van der Waals surface area contributed by atoms with Crippen LogP contribution in [0.4, 0.5) is 4.39 Å². The van der Waals surface area contributed by atoms with E-state index in [4.69, 9.17) is 5.73 Å². The molecular weight excluding hydrogens is 205 g/mol. The molecule has 2 aromatic rings. The van der Waals surface area contributed by atoms with Gasteiger partial charge in [0, 0.05) is 18.7 Å². The molecule has 0 aliphatic rings. The van der Waals surface area contributed by atoms with Gasteiger partial charge >= 0.3 is 0 Å². The van der Waals surface area contributed by atoms with Crippen LogP contribution >= 0.6 is 0 Å². The van der Waals surface area contributed by atoms with Crippen LogP contribution in [0.15, 0.2) is 30.3 Å². The van der Waals surface area contributed by atoms with Crippen molar-refractivity contribution in [3.63, 3.8) is 0 Å². The van der Waals surface area contributed by atoms with Crippen LogP contribution in [0.5, 0.6) is 0 Å². The minimum atomic E-state index is -0.249. The highest BCUT2D eigenvalue weighted by atomic mass is 19.1. The summed E-state index contributed by atoms with van der Waals surface area (Å²) in [7, 11) is 1.83. The number of nitrogens with zero attached hydrogens (tertiary/aromatic N) is 2. The average molecular weight is 219 g/mol. The Morgan fingerprint density at radius 2 is 2.12 bits per heavy atom. The molecule has 84 valence electrons. The molecule has 1 unspecified atom stereocenters. The Bertz CT molecular complexity index is 503. The summed E-state index contributed by atoms with van der Waals surface area (Å²) in [5, 5.41) is 4.29. The van der Waals surface area contributed by atoms with Crippen LogP contribution in [0.2, 0.25) is 0 Å². The third kappa shape index (κ3) is 1.97. The van der Waals surface area contributed by atoms with Gasteiger partial charge in [-0.1, -0.05) is 12.1 Å². The number of hydrogen-bond donors (Lipinski definition) is 1. The molecule has 4 heteroatoms. The van der Waals surface area contributed by atoms with Crippen LogP contribution in [0.25, 0.3) is 11.3 Å². The summed E-state index contributed by atoms with van der Waals surface area (Å²) in [5.74, 6) is -0.249. The first-order valence-corrected chi connectivity index (χ1v) is 5.13. The summed E-state index contributed by atoms with van der Waals surface area (Å²) in [6.45, 7) is 1.87. The van der Waals surface area contributed by atoms with Crippen LogP contribution < -0.4 is 5.73 Å². The Morgan fingerprint density at radius 3 is 2.69 bits per heavy atom. The number of rotatable bonds is 2. The monoisotopic (exact) mass is 219 g/mol. The molecule has 2 rings (SSSR count). The van der Waals surface area contributed by atoms with Crippen molar-refractivity contribution in [2.24, 2.45) is 12.8 Å². The standard InChI is InChI=1S/C12H14FN3/c1-8(14)11-7-12(16(2)15-11)9-4-3-5-10(13)6-9/h3-8H,14H2,1-2H3. The molecule has 3 nitrogen and oxygen atoms in total. The zero-order valence-corrected chi connectivity index (χ0v) is 9.31. The number of aromatic nitrogens is 2. The summed E-state index contributed by atoms with van der Waals surface area (Å²) in [4.78, 5) is 0. The van der Waals surface area contributed by atoms with Gasteiger partial charge in [0.2, 0.25) is 0 Å². The summed E-state index contributed by atoms with van der Waals surface area (Å²) in [5.41, 5.74) is 8.24. The van der Waals surface area contributed by atoms with Gasteiger partial charge in [-0.2, -0.15) is 5.10 Å². The molecule has 0 aliphatic carbocycles. The van der Waals surface area contributed by atoms with Gasteiger partial charge in [0.25, 0.3) is 0 Å². The smallest absolute Gasteiger partial charge is 0.123 e. The first-order valence-electron chi connectivity index (χ1n) is 5.13. The minimum Gasteiger partial charge on any atom is -0.323 e. The van der Waals surface area contributed by atoms with E-state index < -0.39 is 0 Å². The molecule has 0 saturated carbocycles. The van der Waals surface area contributed by atoms with Crippen molar-refractivity contribution in [1.29, 1.82) is 0 Å². The highest BCUT2D eigenvalue weighted by Gasteiger charge is 2.10. The van der Waals surface area contributed by atoms with E-state index in [2.05, 4.69) is 5.10 Å². The molecular formula is C12H14FN3. The highest BCUT2D eigenvalue weighted by Crippen LogP contribution is 2.22. The second kappa shape index (κ2) is 4.06. The van der Waals surface area contributed by atoms with Gasteiger partial charge in [-0.3, -0.25) is 4.68 Å². The molecule has 1 heterocycles. The molecule has 0 aliphatic heterocycles. The second-order valence-corrected chi connectivity index (χ2v) is 3.88. The van der Waals surface area contributed by atoms with E-state index in [1.165, 1.54) is 12.1 Å². The molecule has 16 heavy (non-hydrogen) atoms. The van der Waals surface area contributed by atoms with Crippen LogP contribution in [0, 0.1) is 5.82 Å². The van der Waals surface area contributed by atoms with E-state index in [0.29, 0.717) is 0 Å². The Kier molecular flexibility index (Phi) is 2.75. The fourth-order valence-electron chi connectivity index (χ4n) is 1.63. The number of benzene rings is 1. The molecule has 1 aromatic heterocycles. The van der Waals surface area contributed by atoms with E-state index in [1.54, 1.807) is 10.7 Å². The molecule has 0 amide bonds. The maximum Gasteiger partial charge on any atom is 0.123 e. The predicted molar refractivity (Wildman–Crippen MR) is 61.2 cm³/mol. The van der Waals surface area contributed by atoms with E-state index in [0.717, 1.165) is 17.0 Å². The van der Waals surface area contributed by atoms with Gasteiger partial charge in [0.1, 0.15) is 5.82 Å². The van der Waals surface area contributed by atoms with Crippen molar-refractivity contribution in [1.82, 2.24) is 9.78 Å². The number of hydrogen-bond acceptors (Lipinski definition) is 2. The van der Waals surface area contributed by atoms with Crippen LogP contribution in [0.3, 0.4) is 0 Å². The number of nitrogens with two attached hydrogens (primary N) is 1. The average Bonchev–Trinajstić information content (AvgIpc) is 2.60. The maximum absolute atomic E-state index is 13.1. The molecule has 1 aromatic carbocycles. The van der Waals surface area contributed by atoms with E-state index in [9.17, 15) is 4.39 Å². The number of halogens is 1. The summed E-state index contributed by atoms with van der Waals surface area (Å²) in [6.07, 6.45) is 0. The van der Waals surface area contributed by atoms with E-state index in [1.807, 2.05) is 26.1 Å². The highest BCUT2D eigenvalue weighted by molar-refractivity contribution is 5.60. The van der Waals surface area contributed by atoms with Crippen molar-refractivity contribution >= 4 is 0 Å². The van der Waals surface area contributed by atoms with Gasteiger partial charge in [-0.15, -0.1) is 0 Å². The van der Waals surface area contributed by atoms with E-state index in [-0.39, 0.29) is 11.9 Å². The largest absolute Gasteiger partial charge is 0.323 e. The Balaban J connectivity index is 2.48. The molecule has 0 radical (unpaired) electrons. The Morgan fingerprint density at radius 1 is 1.38 bits per heavy atom.